The summed E-state index contributed by atoms with van der Waals surface area (Å²) in [5, 5.41) is 3.73. The van der Waals surface area contributed by atoms with Crippen molar-refractivity contribution in [2.45, 2.75) is 52.0 Å². The lowest BCUT2D eigenvalue weighted by Crippen LogP contribution is -2.26. The second kappa shape index (κ2) is 8.74. The van der Waals surface area contributed by atoms with E-state index in [0.29, 0.717) is 0 Å². The van der Waals surface area contributed by atoms with E-state index in [9.17, 15) is 0 Å². The number of benzene rings is 1. The number of hydrogen-bond acceptors (Lipinski definition) is 2. The highest BCUT2D eigenvalue weighted by atomic mass is 32.2. The molecule has 1 aliphatic rings. The fourth-order valence-corrected chi connectivity index (χ4v) is 3.33. The van der Waals surface area contributed by atoms with Gasteiger partial charge in [-0.3, -0.25) is 0 Å². The van der Waals surface area contributed by atoms with Gasteiger partial charge in [0.1, 0.15) is 0 Å². The molecule has 1 saturated carbocycles. The van der Waals surface area contributed by atoms with Gasteiger partial charge < -0.3 is 5.32 Å². The Morgan fingerprint density at radius 1 is 1.30 bits per heavy atom. The average Bonchev–Trinajstić information content (AvgIpc) is 3.27. The molecule has 1 aromatic carbocycles. The Hall–Kier alpha value is -0.470. The summed E-state index contributed by atoms with van der Waals surface area (Å²) in [5.41, 5.74) is 2.99. The molecule has 1 unspecified atom stereocenters. The van der Waals surface area contributed by atoms with Gasteiger partial charge in [0, 0.05) is 6.04 Å². The van der Waals surface area contributed by atoms with Crippen molar-refractivity contribution in [2.75, 3.05) is 18.1 Å². The van der Waals surface area contributed by atoms with Gasteiger partial charge in [-0.1, -0.05) is 31.2 Å². The molecule has 20 heavy (non-hydrogen) atoms. The molecule has 0 saturated heterocycles. The predicted molar refractivity (Wildman–Crippen MR) is 91.6 cm³/mol. The third-order valence-electron chi connectivity index (χ3n) is 4.15. The van der Waals surface area contributed by atoms with Crippen molar-refractivity contribution in [2.24, 2.45) is 5.92 Å². The number of hydrogen-bond donors (Lipinski definition) is 1. The van der Waals surface area contributed by atoms with Crippen LogP contribution in [0.4, 0.5) is 0 Å². The van der Waals surface area contributed by atoms with Crippen molar-refractivity contribution in [3.8, 4) is 0 Å². The normalized spacial score (nSPS) is 16.3. The van der Waals surface area contributed by atoms with Crippen molar-refractivity contribution in [3.63, 3.8) is 0 Å². The summed E-state index contributed by atoms with van der Waals surface area (Å²) < 4.78 is 0. The van der Waals surface area contributed by atoms with Crippen molar-refractivity contribution < 1.29 is 0 Å². The molecule has 2 heteroatoms. The standard InChI is InChI=1S/C18H29NS/c1-3-20-12-6-8-16(14-19-18-10-11-18)13-17-9-5-4-7-15(17)2/h4-5,7,9,16,18-19H,3,6,8,10-14H2,1-2H3. The molecule has 2 rings (SSSR count). The van der Waals surface area contributed by atoms with Crippen LogP contribution in [-0.4, -0.2) is 24.1 Å². The van der Waals surface area contributed by atoms with Crippen LogP contribution in [0.3, 0.4) is 0 Å². The van der Waals surface area contributed by atoms with Gasteiger partial charge in [-0.15, -0.1) is 0 Å². The third-order valence-corrected chi connectivity index (χ3v) is 5.13. The van der Waals surface area contributed by atoms with E-state index in [1.165, 1.54) is 55.7 Å². The van der Waals surface area contributed by atoms with Crippen molar-refractivity contribution in [3.05, 3.63) is 35.4 Å². The Bertz CT molecular complexity index is 387. The monoisotopic (exact) mass is 291 g/mol. The van der Waals surface area contributed by atoms with Gasteiger partial charge in [0.05, 0.1) is 0 Å². The van der Waals surface area contributed by atoms with E-state index in [1.807, 2.05) is 0 Å². The van der Waals surface area contributed by atoms with Crippen molar-refractivity contribution in [1.82, 2.24) is 5.32 Å². The Labute approximate surface area is 128 Å². The summed E-state index contributed by atoms with van der Waals surface area (Å²) in [6.45, 7) is 5.70. The van der Waals surface area contributed by atoms with Crippen LogP contribution in [0.25, 0.3) is 0 Å². The van der Waals surface area contributed by atoms with E-state index >= 15 is 0 Å². The minimum atomic E-state index is 0.800. The zero-order valence-corrected chi connectivity index (χ0v) is 13.8. The summed E-state index contributed by atoms with van der Waals surface area (Å²) in [7, 11) is 0. The fraction of sp³-hybridized carbons (Fsp3) is 0.667. The highest BCUT2D eigenvalue weighted by molar-refractivity contribution is 7.99. The first-order valence-corrected chi connectivity index (χ1v) is 9.30. The molecule has 1 atom stereocenters. The van der Waals surface area contributed by atoms with Gasteiger partial charge in [-0.05, 0) is 74.1 Å². The first-order chi connectivity index (χ1) is 9.79. The Kier molecular flexibility index (Phi) is 6.95. The second-order valence-electron chi connectivity index (χ2n) is 6.02. The van der Waals surface area contributed by atoms with E-state index in [2.05, 4.69) is 55.2 Å². The lowest BCUT2D eigenvalue weighted by molar-refractivity contribution is 0.438. The Morgan fingerprint density at radius 2 is 2.10 bits per heavy atom. The quantitative estimate of drug-likeness (QED) is 0.640. The first-order valence-electron chi connectivity index (χ1n) is 8.15. The summed E-state index contributed by atoms with van der Waals surface area (Å²) >= 11 is 2.08. The maximum atomic E-state index is 3.73. The summed E-state index contributed by atoms with van der Waals surface area (Å²) in [5.74, 6) is 3.38. The second-order valence-corrected chi connectivity index (χ2v) is 7.41. The van der Waals surface area contributed by atoms with E-state index in [1.54, 1.807) is 5.56 Å². The zero-order valence-electron chi connectivity index (χ0n) is 13.0. The van der Waals surface area contributed by atoms with Gasteiger partial charge in [-0.25, -0.2) is 0 Å². The molecule has 0 aromatic heterocycles. The summed E-state index contributed by atoms with van der Waals surface area (Å²) in [6.07, 6.45) is 6.75. The fourth-order valence-electron chi connectivity index (χ4n) is 2.67. The van der Waals surface area contributed by atoms with Crippen molar-refractivity contribution in [1.29, 1.82) is 0 Å². The van der Waals surface area contributed by atoms with E-state index in [-0.39, 0.29) is 0 Å². The van der Waals surface area contributed by atoms with E-state index in [0.717, 1.165) is 12.0 Å². The molecule has 1 aromatic rings. The molecule has 0 aliphatic heterocycles. The molecule has 0 amide bonds. The first kappa shape index (κ1) is 15.9. The minimum Gasteiger partial charge on any atom is -0.314 e. The molecule has 1 N–H and O–H groups in total. The molecular weight excluding hydrogens is 262 g/mol. The molecular formula is C18H29NS. The Balaban J connectivity index is 1.81. The zero-order chi connectivity index (χ0) is 14.2. The maximum absolute atomic E-state index is 3.73. The SMILES string of the molecule is CCSCCCC(CNC1CC1)Cc1ccccc1C. The Morgan fingerprint density at radius 3 is 2.80 bits per heavy atom. The molecule has 1 aliphatic carbocycles. The van der Waals surface area contributed by atoms with Gasteiger partial charge in [0.2, 0.25) is 0 Å². The van der Waals surface area contributed by atoms with Crippen LogP contribution < -0.4 is 5.32 Å². The van der Waals surface area contributed by atoms with Gasteiger partial charge >= 0.3 is 0 Å². The maximum Gasteiger partial charge on any atom is 0.00683 e. The van der Waals surface area contributed by atoms with Crippen LogP contribution in [-0.2, 0) is 6.42 Å². The smallest absolute Gasteiger partial charge is 0.00683 e. The largest absolute Gasteiger partial charge is 0.314 e. The summed E-state index contributed by atoms with van der Waals surface area (Å²) in [4.78, 5) is 0. The van der Waals surface area contributed by atoms with Crippen LogP contribution >= 0.6 is 11.8 Å². The number of aryl methyl sites for hydroxylation is 1. The van der Waals surface area contributed by atoms with E-state index in [4.69, 9.17) is 0 Å². The lowest BCUT2D eigenvalue weighted by atomic mass is 9.92. The number of rotatable bonds is 10. The molecule has 1 nitrogen and oxygen atoms in total. The third kappa shape index (κ3) is 5.88. The molecule has 0 heterocycles. The summed E-state index contributed by atoms with van der Waals surface area (Å²) in [6, 6.07) is 9.71. The topological polar surface area (TPSA) is 12.0 Å². The molecule has 1 fully saturated rings. The molecule has 0 bridgehead atoms. The predicted octanol–water partition coefficient (Wildman–Crippen LogP) is 4.44. The highest BCUT2D eigenvalue weighted by Crippen LogP contribution is 2.22. The number of nitrogens with one attached hydrogen (secondary N) is 1. The van der Waals surface area contributed by atoms with Crippen LogP contribution in [0.2, 0.25) is 0 Å². The van der Waals surface area contributed by atoms with Crippen molar-refractivity contribution >= 4 is 11.8 Å². The molecule has 112 valence electrons. The van der Waals surface area contributed by atoms with Crippen LogP contribution in [0.1, 0.15) is 43.7 Å². The van der Waals surface area contributed by atoms with Gasteiger partial charge in [0.15, 0.2) is 0 Å². The van der Waals surface area contributed by atoms with E-state index < -0.39 is 0 Å². The lowest BCUT2D eigenvalue weighted by Gasteiger charge is -2.19. The number of thioether (sulfide) groups is 1. The van der Waals surface area contributed by atoms with Gasteiger partial charge in [-0.2, -0.15) is 11.8 Å². The highest BCUT2D eigenvalue weighted by Gasteiger charge is 2.22. The van der Waals surface area contributed by atoms with Crippen LogP contribution in [0.15, 0.2) is 24.3 Å². The van der Waals surface area contributed by atoms with Gasteiger partial charge in [0.25, 0.3) is 0 Å². The van der Waals surface area contributed by atoms with Crippen LogP contribution in [0.5, 0.6) is 0 Å². The molecule has 0 radical (unpaired) electrons. The minimum absolute atomic E-state index is 0.800. The molecule has 0 spiro atoms. The average molecular weight is 292 g/mol. The van der Waals surface area contributed by atoms with Crippen LogP contribution in [0, 0.1) is 12.8 Å².